The van der Waals surface area contributed by atoms with E-state index in [9.17, 15) is 9.59 Å². The number of nitrogens with zero attached hydrogens (tertiary/aromatic N) is 3. The third-order valence-corrected chi connectivity index (χ3v) is 3.59. The number of hydrogen-bond donors (Lipinski definition) is 1. The number of aromatic nitrogens is 2. The zero-order valence-electron chi connectivity index (χ0n) is 12.8. The van der Waals surface area contributed by atoms with E-state index in [0.717, 1.165) is 5.56 Å². The first-order valence-electron chi connectivity index (χ1n) is 7.37. The van der Waals surface area contributed by atoms with Crippen LogP contribution in [0.15, 0.2) is 59.7 Å². The minimum atomic E-state index is -0.295. The molecule has 1 N–H and O–H groups in total. The molecule has 3 aromatic rings. The van der Waals surface area contributed by atoms with E-state index in [-0.39, 0.29) is 18.0 Å². The molecule has 2 aromatic carbocycles. The van der Waals surface area contributed by atoms with Gasteiger partial charge in [-0.3, -0.25) is 14.2 Å². The number of rotatable bonds is 4. The molecular formula is C18H14N4O2. The SMILES string of the molecule is N#Cc1cccc(CNC(=O)Cn2cnc3ccccc3c2=O)c1. The van der Waals surface area contributed by atoms with E-state index in [0.29, 0.717) is 23.0 Å². The number of nitrogens with one attached hydrogen (secondary N) is 1. The molecule has 0 spiro atoms. The third kappa shape index (κ3) is 3.31. The summed E-state index contributed by atoms with van der Waals surface area (Å²) in [6.45, 7) is 0.193. The van der Waals surface area contributed by atoms with Gasteiger partial charge in [-0.25, -0.2) is 4.98 Å². The number of fused-ring (bicyclic) bond motifs is 1. The lowest BCUT2D eigenvalue weighted by Crippen LogP contribution is -2.32. The maximum Gasteiger partial charge on any atom is 0.261 e. The number of amides is 1. The zero-order valence-corrected chi connectivity index (χ0v) is 12.8. The highest BCUT2D eigenvalue weighted by molar-refractivity contribution is 5.78. The molecule has 0 fully saturated rings. The lowest BCUT2D eigenvalue weighted by Gasteiger charge is -2.08. The number of benzene rings is 2. The quantitative estimate of drug-likeness (QED) is 0.791. The lowest BCUT2D eigenvalue weighted by atomic mass is 10.1. The van der Waals surface area contributed by atoms with E-state index >= 15 is 0 Å². The van der Waals surface area contributed by atoms with E-state index < -0.39 is 0 Å². The lowest BCUT2D eigenvalue weighted by molar-refractivity contribution is -0.121. The molecule has 0 aliphatic rings. The Balaban J connectivity index is 1.70. The average Bonchev–Trinajstić information content (AvgIpc) is 2.63. The van der Waals surface area contributed by atoms with Crippen LogP contribution in [0.3, 0.4) is 0 Å². The van der Waals surface area contributed by atoms with Crippen molar-refractivity contribution in [1.29, 1.82) is 5.26 Å². The molecule has 1 heterocycles. The van der Waals surface area contributed by atoms with Gasteiger partial charge < -0.3 is 5.32 Å². The van der Waals surface area contributed by atoms with Gasteiger partial charge in [0, 0.05) is 6.54 Å². The van der Waals surface area contributed by atoms with E-state index in [2.05, 4.69) is 16.4 Å². The topological polar surface area (TPSA) is 87.8 Å². The highest BCUT2D eigenvalue weighted by atomic mass is 16.2. The van der Waals surface area contributed by atoms with Crippen LogP contribution >= 0.6 is 0 Å². The van der Waals surface area contributed by atoms with Gasteiger partial charge in [0.1, 0.15) is 6.54 Å². The van der Waals surface area contributed by atoms with Gasteiger partial charge in [0.25, 0.3) is 5.56 Å². The fraction of sp³-hybridized carbons (Fsp3) is 0.111. The van der Waals surface area contributed by atoms with Crippen molar-refractivity contribution in [2.45, 2.75) is 13.1 Å². The van der Waals surface area contributed by atoms with Crippen LogP contribution in [0.5, 0.6) is 0 Å². The summed E-state index contributed by atoms with van der Waals surface area (Å²) in [7, 11) is 0. The predicted molar refractivity (Wildman–Crippen MR) is 89.0 cm³/mol. The molecule has 0 saturated heterocycles. The van der Waals surface area contributed by atoms with Crippen LogP contribution in [-0.4, -0.2) is 15.5 Å². The predicted octanol–water partition coefficient (Wildman–Crippen LogP) is 1.58. The molecule has 24 heavy (non-hydrogen) atoms. The highest BCUT2D eigenvalue weighted by Crippen LogP contribution is 2.05. The molecule has 0 bridgehead atoms. The minimum Gasteiger partial charge on any atom is -0.350 e. The van der Waals surface area contributed by atoms with Gasteiger partial charge in [-0.1, -0.05) is 24.3 Å². The number of hydrogen-bond acceptors (Lipinski definition) is 4. The fourth-order valence-electron chi connectivity index (χ4n) is 2.38. The van der Waals surface area contributed by atoms with E-state index in [1.165, 1.54) is 10.9 Å². The Bertz CT molecular complexity index is 1000. The second kappa shape index (κ2) is 6.75. The van der Waals surface area contributed by atoms with E-state index in [4.69, 9.17) is 5.26 Å². The first-order valence-corrected chi connectivity index (χ1v) is 7.37. The third-order valence-electron chi connectivity index (χ3n) is 3.59. The summed E-state index contributed by atoms with van der Waals surface area (Å²) in [5.41, 5.74) is 1.72. The van der Waals surface area contributed by atoms with Crippen molar-refractivity contribution in [3.05, 3.63) is 76.3 Å². The van der Waals surface area contributed by atoms with Crippen LogP contribution in [-0.2, 0) is 17.9 Å². The normalized spacial score (nSPS) is 10.3. The van der Waals surface area contributed by atoms with Gasteiger partial charge in [-0.15, -0.1) is 0 Å². The molecule has 1 amide bonds. The molecule has 0 unspecified atom stereocenters. The summed E-state index contributed by atoms with van der Waals surface area (Å²) in [4.78, 5) is 28.6. The van der Waals surface area contributed by atoms with Crippen molar-refractivity contribution in [2.75, 3.05) is 0 Å². The van der Waals surface area contributed by atoms with Crippen molar-refractivity contribution < 1.29 is 4.79 Å². The molecular weight excluding hydrogens is 304 g/mol. The maximum absolute atomic E-state index is 12.3. The van der Waals surface area contributed by atoms with Gasteiger partial charge in [0.05, 0.1) is 28.9 Å². The molecule has 3 rings (SSSR count). The molecule has 6 nitrogen and oxygen atoms in total. The summed E-state index contributed by atoms with van der Waals surface area (Å²) in [5.74, 6) is -0.295. The van der Waals surface area contributed by atoms with Crippen molar-refractivity contribution in [3.63, 3.8) is 0 Å². The molecule has 118 valence electrons. The Labute approximate surface area is 138 Å². The first kappa shape index (κ1) is 15.4. The smallest absolute Gasteiger partial charge is 0.261 e. The Kier molecular flexibility index (Phi) is 4.34. The molecule has 0 aliphatic heterocycles. The summed E-state index contributed by atoms with van der Waals surface area (Å²) >= 11 is 0. The molecule has 0 aliphatic carbocycles. The van der Waals surface area contributed by atoms with Gasteiger partial charge in [0.15, 0.2) is 0 Å². The van der Waals surface area contributed by atoms with Crippen molar-refractivity contribution in [1.82, 2.24) is 14.9 Å². The highest BCUT2D eigenvalue weighted by Gasteiger charge is 2.08. The maximum atomic E-state index is 12.3. The Morgan fingerprint density at radius 1 is 1.21 bits per heavy atom. The number of carbonyl (C=O) groups excluding carboxylic acids is 1. The van der Waals surface area contributed by atoms with Crippen LogP contribution in [0, 0.1) is 11.3 Å². The fourth-order valence-corrected chi connectivity index (χ4v) is 2.38. The van der Waals surface area contributed by atoms with Gasteiger partial charge >= 0.3 is 0 Å². The number of carbonyl (C=O) groups is 1. The molecule has 0 atom stereocenters. The van der Waals surface area contributed by atoms with Crippen molar-refractivity contribution in [3.8, 4) is 6.07 Å². The Morgan fingerprint density at radius 3 is 2.88 bits per heavy atom. The number of para-hydroxylation sites is 1. The van der Waals surface area contributed by atoms with Crippen LogP contribution in [0.1, 0.15) is 11.1 Å². The van der Waals surface area contributed by atoms with Crippen molar-refractivity contribution >= 4 is 16.8 Å². The summed E-state index contributed by atoms with van der Waals surface area (Å²) in [5, 5.41) is 12.1. The minimum absolute atomic E-state index is 0.103. The Hall–Kier alpha value is -3.46. The van der Waals surface area contributed by atoms with Gasteiger partial charge in [-0.2, -0.15) is 5.26 Å². The number of nitriles is 1. The summed E-state index contributed by atoms with van der Waals surface area (Å²) in [6, 6.07) is 16.1. The summed E-state index contributed by atoms with van der Waals surface area (Å²) in [6.07, 6.45) is 1.38. The van der Waals surface area contributed by atoms with Crippen LogP contribution < -0.4 is 10.9 Å². The van der Waals surface area contributed by atoms with Gasteiger partial charge in [0.2, 0.25) is 5.91 Å². The zero-order chi connectivity index (χ0) is 16.9. The molecule has 0 saturated carbocycles. The first-order chi connectivity index (χ1) is 11.7. The van der Waals surface area contributed by atoms with E-state index in [1.54, 1.807) is 42.5 Å². The molecule has 1 aromatic heterocycles. The summed E-state index contributed by atoms with van der Waals surface area (Å²) < 4.78 is 1.28. The van der Waals surface area contributed by atoms with Crippen LogP contribution in [0.4, 0.5) is 0 Å². The van der Waals surface area contributed by atoms with Crippen LogP contribution in [0.25, 0.3) is 10.9 Å². The molecule has 0 radical (unpaired) electrons. The van der Waals surface area contributed by atoms with Crippen molar-refractivity contribution in [2.24, 2.45) is 0 Å². The standard InChI is InChI=1S/C18H14N4O2/c19-9-13-4-3-5-14(8-13)10-20-17(23)11-22-12-21-16-7-2-1-6-15(16)18(22)24/h1-8,12H,10-11H2,(H,20,23). The largest absolute Gasteiger partial charge is 0.350 e. The Morgan fingerprint density at radius 2 is 2.04 bits per heavy atom. The average molecular weight is 318 g/mol. The monoisotopic (exact) mass is 318 g/mol. The molecule has 6 heteroatoms. The second-order valence-electron chi connectivity index (χ2n) is 5.28. The second-order valence-corrected chi connectivity index (χ2v) is 5.28. The van der Waals surface area contributed by atoms with E-state index in [1.807, 2.05) is 6.07 Å². The van der Waals surface area contributed by atoms with Gasteiger partial charge in [-0.05, 0) is 29.8 Å². The van der Waals surface area contributed by atoms with Crippen LogP contribution in [0.2, 0.25) is 0 Å².